The number of nitrogens with zero attached hydrogens (tertiary/aromatic N) is 4. The Morgan fingerprint density at radius 3 is 1.93 bits per heavy atom. The van der Waals surface area contributed by atoms with Gasteiger partial charge in [0.2, 0.25) is 0 Å². The maximum absolute atomic E-state index is 14.0. The maximum atomic E-state index is 14.0. The van der Waals surface area contributed by atoms with Gasteiger partial charge in [-0.25, -0.2) is 14.8 Å². The zero-order valence-corrected chi connectivity index (χ0v) is 23.6. The molecular formula is C29H18ClF9N4O3. The van der Waals surface area contributed by atoms with Crippen molar-refractivity contribution >= 4 is 28.5 Å². The van der Waals surface area contributed by atoms with Gasteiger partial charge in [0.15, 0.2) is 11.3 Å². The van der Waals surface area contributed by atoms with E-state index in [1.54, 1.807) is 25.2 Å². The van der Waals surface area contributed by atoms with Gasteiger partial charge in [0.1, 0.15) is 5.69 Å². The monoisotopic (exact) mass is 676 g/mol. The van der Waals surface area contributed by atoms with Crippen LogP contribution in [0.15, 0.2) is 79.4 Å². The van der Waals surface area contributed by atoms with E-state index in [-0.39, 0.29) is 43.9 Å². The van der Waals surface area contributed by atoms with E-state index in [0.29, 0.717) is 0 Å². The molecule has 7 nitrogen and oxygen atoms in total. The predicted octanol–water partition coefficient (Wildman–Crippen LogP) is 7.64. The van der Waals surface area contributed by atoms with E-state index in [2.05, 4.69) is 15.0 Å². The van der Waals surface area contributed by atoms with Gasteiger partial charge in [-0.1, -0.05) is 54.1 Å². The zero-order valence-electron chi connectivity index (χ0n) is 22.9. The van der Waals surface area contributed by atoms with Crippen molar-refractivity contribution in [2.45, 2.75) is 24.1 Å². The van der Waals surface area contributed by atoms with Gasteiger partial charge >= 0.3 is 24.5 Å². The van der Waals surface area contributed by atoms with E-state index in [1.807, 2.05) is 0 Å². The van der Waals surface area contributed by atoms with Gasteiger partial charge in [0, 0.05) is 29.8 Å². The van der Waals surface area contributed by atoms with Crippen molar-refractivity contribution in [2.75, 3.05) is 0 Å². The summed E-state index contributed by atoms with van der Waals surface area (Å²) in [6.45, 7) is 0. The summed E-state index contributed by atoms with van der Waals surface area (Å²) in [4.78, 5) is 20.2. The smallest absolute Gasteiger partial charge is 0.475 e. The minimum Gasteiger partial charge on any atom is -0.475 e. The van der Waals surface area contributed by atoms with Crippen molar-refractivity contribution in [3.63, 3.8) is 0 Å². The molecule has 1 unspecified atom stereocenters. The summed E-state index contributed by atoms with van der Waals surface area (Å²) in [5.74, 6) is -2.76. The van der Waals surface area contributed by atoms with Gasteiger partial charge in [0.25, 0.3) is 0 Å². The SMILES string of the molecule is Cn1cncc1C(O)(c1ccc(C(F)(F)F)nc1)c1ccc2nc(C(F)(F)F)c(-c3ccccc3)c(Cl)c2c1.O=C(O)C(F)(F)F. The summed E-state index contributed by atoms with van der Waals surface area (Å²) in [6.07, 6.45) is -11.0. The minimum absolute atomic E-state index is 0.0299. The molecular weight excluding hydrogens is 659 g/mol. The zero-order chi connectivity index (χ0) is 34.2. The maximum Gasteiger partial charge on any atom is 0.490 e. The lowest BCUT2D eigenvalue weighted by Gasteiger charge is -2.30. The van der Waals surface area contributed by atoms with Crippen LogP contribution >= 0.6 is 11.6 Å². The highest BCUT2D eigenvalue weighted by atomic mass is 35.5. The van der Waals surface area contributed by atoms with Gasteiger partial charge < -0.3 is 14.8 Å². The Balaban J connectivity index is 0.000000617. The van der Waals surface area contributed by atoms with Crippen molar-refractivity contribution in [3.05, 3.63) is 113 Å². The van der Waals surface area contributed by atoms with Crippen LogP contribution in [0.25, 0.3) is 22.0 Å². The fourth-order valence-electron chi connectivity index (χ4n) is 4.47. The number of pyridine rings is 2. The van der Waals surface area contributed by atoms with E-state index in [0.717, 1.165) is 18.3 Å². The average Bonchev–Trinajstić information content (AvgIpc) is 3.42. The second-order valence-corrected chi connectivity index (χ2v) is 9.96. The van der Waals surface area contributed by atoms with Crippen molar-refractivity contribution in [3.8, 4) is 11.1 Å². The molecule has 3 heterocycles. The molecule has 0 saturated carbocycles. The Kier molecular flexibility index (Phi) is 9.10. The van der Waals surface area contributed by atoms with Crippen molar-refractivity contribution in [2.24, 2.45) is 7.05 Å². The number of aliphatic carboxylic acids is 1. The van der Waals surface area contributed by atoms with Crippen molar-refractivity contribution in [1.82, 2.24) is 19.5 Å². The number of carbonyl (C=O) groups is 1. The molecule has 3 aromatic heterocycles. The molecule has 1 atom stereocenters. The number of fused-ring (bicyclic) bond motifs is 1. The molecule has 242 valence electrons. The summed E-state index contributed by atoms with van der Waals surface area (Å²) in [5, 5.41) is 19.1. The predicted molar refractivity (Wildman–Crippen MR) is 145 cm³/mol. The van der Waals surface area contributed by atoms with E-state index >= 15 is 0 Å². The van der Waals surface area contributed by atoms with E-state index < -0.39 is 41.5 Å². The number of hydrogen-bond acceptors (Lipinski definition) is 5. The largest absolute Gasteiger partial charge is 0.490 e. The van der Waals surface area contributed by atoms with Crippen LogP contribution in [-0.2, 0) is 29.8 Å². The number of hydrogen-bond donors (Lipinski definition) is 2. The van der Waals surface area contributed by atoms with Crippen LogP contribution in [0.2, 0.25) is 5.02 Å². The topological polar surface area (TPSA) is 101 Å². The first-order chi connectivity index (χ1) is 21.3. The number of aliphatic hydroxyl groups is 1. The number of alkyl halides is 9. The molecule has 17 heteroatoms. The molecule has 0 saturated heterocycles. The fraction of sp³-hybridized carbons (Fsp3) is 0.172. The van der Waals surface area contributed by atoms with Crippen LogP contribution in [0.4, 0.5) is 39.5 Å². The first kappa shape index (κ1) is 34.2. The standard InChI is InChI=1S/C27H17ClF6N4O.C2HF3O2/c1-38-14-35-13-21(38)25(39,17-8-10-20(36-12-17)26(29,30)31)16-7-9-19-18(11-16)23(28)22(15-5-3-2-4-6-15)24(37-19)27(32,33)34;3-2(4,5)1(6)7/h2-14,39H,1H3;(H,6,7). The summed E-state index contributed by atoms with van der Waals surface area (Å²) in [7, 11) is 1.57. The number of rotatable bonds is 4. The van der Waals surface area contributed by atoms with E-state index in [1.165, 1.54) is 47.4 Å². The molecule has 0 aliphatic rings. The number of carboxylic acids is 1. The second kappa shape index (κ2) is 12.2. The highest BCUT2D eigenvalue weighted by Crippen LogP contribution is 2.45. The number of imidazole rings is 1. The Hall–Kier alpha value is -4.70. The Bertz CT molecular complexity index is 1870. The molecule has 2 aromatic carbocycles. The van der Waals surface area contributed by atoms with Gasteiger partial charge in [0.05, 0.1) is 28.8 Å². The number of aromatic nitrogens is 4. The van der Waals surface area contributed by atoms with Crippen LogP contribution in [0.5, 0.6) is 0 Å². The molecule has 0 radical (unpaired) electrons. The summed E-state index contributed by atoms with van der Waals surface area (Å²) < 4.78 is 115. The highest BCUT2D eigenvalue weighted by molar-refractivity contribution is 6.38. The van der Waals surface area contributed by atoms with Crippen LogP contribution in [0, 0.1) is 0 Å². The van der Waals surface area contributed by atoms with Crippen LogP contribution in [-0.4, -0.2) is 41.9 Å². The summed E-state index contributed by atoms with van der Waals surface area (Å²) in [6, 6.07) is 13.5. The van der Waals surface area contributed by atoms with E-state index in [9.17, 15) is 44.6 Å². The quantitative estimate of drug-likeness (QED) is 0.190. The normalized spacial score (nSPS) is 13.6. The van der Waals surface area contributed by atoms with Crippen molar-refractivity contribution < 1.29 is 54.5 Å². The lowest BCUT2D eigenvalue weighted by Crippen LogP contribution is -2.31. The van der Waals surface area contributed by atoms with Gasteiger partial charge in [-0.3, -0.25) is 4.98 Å². The van der Waals surface area contributed by atoms with Gasteiger partial charge in [-0.15, -0.1) is 0 Å². The van der Waals surface area contributed by atoms with Crippen molar-refractivity contribution in [1.29, 1.82) is 0 Å². The lowest BCUT2D eigenvalue weighted by atomic mass is 9.83. The molecule has 0 bridgehead atoms. The third-order valence-corrected chi connectivity index (χ3v) is 6.96. The van der Waals surface area contributed by atoms with Crippen LogP contribution in [0.3, 0.4) is 0 Å². The summed E-state index contributed by atoms with van der Waals surface area (Å²) in [5.41, 5.74) is -4.44. The minimum atomic E-state index is -5.08. The van der Waals surface area contributed by atoms with E-state index in [4.69, 9.17) is 21.5 Å². The third kappa shape index (κ3) is 6.77. The Labute approximate surface area is 257 Å². The summed E-state index contributed by atoms with van der Waals surface area (Å²) >= 11 is 6.61. The molecule has 0 amide bonds. The molecule has 5 rings (SSSR count). The number of benzene rings is 2. The number of carboxylic acid groups (broad SMARTS) is 1. The third-order valence-electron chi connectivity index (χ3n) is 6.57. The van der Waals surface area contributed by atoms with Gasteiger partial charge in [-0.05, 0) is 29.3 Å². The molecule has 0 spiro atoms. The second-order valence-electron chi connectivity index (χ2n) is 9.58. The molecule has 46 heavy (non-hydrogen) atoms. The lowest BCUT2D eigenvalue weighted by molar-refractivity contribution is -0.192. The van der Waals surface area contributed by atoms with Gasteiger partial charge in [-0.2, -0.15) is 39.5 Å². The first-order valence-electron chi connectivity index (χ1n) is 12.6. The average molecular weight is 677 g/mol. The molecule has 0 fully saturated rings. The molecule has 5 aromatic rings. The van der Waals surface area contributed by atoms with Crippen LogP contribution in [0.1, 0.15) is 28.2 Å². The van der Waals surface area contributed by atoms with Crippen LogP contribution < -0.4 is 0 Å². The highest BCUT2D eigenvalue weighted by Gasteiger charge is 2.41. The first-order valence-corrected chi connectivity index (χ1v) is 12.9. The molecule has 0 aliphatic carbocycles. The Morgan fingerprint density at radius 1 is 0.848 bits per heavy atom. The molecule has 2 N–H and O–H groups in total. The number of aryl methyl sites for hydroxylation is 1. The fourth-order valence-corrected chi connectivity index (χ4v) is 4.82. The molecule has 0 aliphatic heterocycles. The number of halogens is 10. The Morgan fingerprint density at radius 2 is 1.46 bits per heavy atom.